The molecule has 1 aliphatic rings. The van der Waals surface area contributed by atoms with E-state index in [-0.39, 0.29) is 17.7 Å². The number of furan rings is 1. The van der Waals surface area contributed by atoms with Crippen LogP contribution < -0.4 is 5.32 Å². The Labute approximate surface area is 184 Å². The average molecular weight is 441 g/mol. The summed E-state index contributed by atoms with van der Waals surface area (Å²) in [6, 6.07) is 15.6. The van der Waals surface area contributed by atoms with Crippen LogP contribution >= 0.6 is 23.1 Å². The average Bonchev–Trinajstić information content (AvgIpc) is 3.50. The van der Waals surface area contributed by atoms with Crippen molar-refractivity contribution in [3.8, 4) is 0 Å². The van der Waals surface area contributed by atoms with Crippen molar-refractivity contribution in [3.05, 3.63) is 76.4 Å². The molecule has 156 valence electrons. The minimum Gasteiger partial charge on any atom is -0.467 e. The summed E-state index contributed by atoms with van der Waals surface area (Å²) < 4.78 is 5.25. The fourth-order valence-corrected chi connectivity index (χ4v) is 5.38. The number of nitrogens with zero attached hydrogens (tertiary/aromatic N) is 1. The molecule has 0 spiro atoms. The summed E-state index contributed by atoms with van der Waals surface area (Å²) in [5.41, 5.74) is 0.750. The van der Waals surface area contributed by atoms with Crippen LogP contribution in [0.15, 0.2) is 69.5 Å². The second-order valence-electron chi connectivity index (χ2n) is 7.23. The van der Waals surface area contributed by atoms with Gasteiger partial charge in [0.25, 0.3) is 5.91 Å². The molecule has 0 bridgehead atoms. The van der Waals surface area contributed by atoms with Crippen molar-refractivity contribution >= 4 is 34.9 Å². The van der Waals surface area contributed by atoms with E-state index in [2.05, 4.69) is 16.8 Å². The van der Waals surface area contributed by atoms with E-state index >= 15 is 0 Å². The Bertz CT molecular complexity index is 962. The molecule has 1 fully saturated rings. The van der Waals surface area contributed by atoms with E-state index in [9.17, 15) is 9.59 Å². The molecule has 7 heteroatoms. The molecule has 1 aliphatic heterocycles. The van der Waals surface area contributed by atoms with Crippen LogP contribution in [-0.2, 0) is 17.1 Å². The predicted molar refractivity (Wildman–Crippen MR) is 120 cm³/mol. The smallest absolute Gasteiger partial charge is 0.254 e. The van der Waals surface area contributed by atoms with Crippen molar-refractivity contribution in [2.45, 2.75) is 30.0 Å². The zero-order valence-corrected chi connectivity index (χ0v) is 18.2. The first kappa shape index (κ1) is 20.8. The van der Waals surface area contributed by atoms with Crippen LogP contribution in [0.1, 0.15) is 33.8 Å². The number of piperidine rings is 1. The van der Waals surface area contributed by atoms with E-state index in [0.29, 0.717) is 32.5 Å². The third-order valence-electron chi connectivity index (χ3n) is 5.24. The van der Waals surface area contributed by atoms with E-state index in [1.807, 2.05) is 47.4 Å². The van der Waals surface area contributed by atoms with Gasteiger partial charge in [-0.2, -0.15) is 0 Å². The number of hydrogen-bond acceptors (Lipinski definition) is 5. The SMILES string of the molecule is O=C(NCc1ccco1)C1CCN(C(=O)c2ccccc2SCc2cccs2)CC1. The Morgan fingerprint density at radius 3 is 2.67 bits per heavy atom. The minimum atomic E-state index is -0.0625. The number of thioether (sulfide) groups is 1. The van der Waals surface area contributed by atoms with Crippen molar-refractivity contribution in [2.75, 3.05) is 13.1 Å². The zero-order valence-electron chi connectivity index (χ0n) is 16.6. The molecule has 2 aromatic heterocycles. The summed E-state index contributed by atoms with van der Waals surface area (Å²) in [5, 5.41) is 5.00. The van der Waals surface area contributed by atoms with Gasteiger partial charge in [-0.05, 0) is 48.6 Å². The molecule has 4 rings (SSSR count). The number of hydrogen-bond donors (Lipinski definition) is 1. The summed E-state index contributed by atoms with van der Waals surface area (Å²) in [7, 11) is 0. The molecule has 2 amide bonds. The molecule has 0 atom stereocenters. The largest absolute Gasteiger partial charge is 0.467 e. The highest BCUT2D eigenvalue weighted by atomic mass is 32.2. The van der Waals surface area contributed by atoms with Gasteiger partial charge in [0.15, 0.2) is 0 Å². The number of nitrogens with one attached hydrogen (secondary N) is 1. The Balaban J connectivity index is 1.31. The second-order valence-corrected chi connectivity index (χ2v) is 9.28. The third kappa shape index (κ3) is 5.15. The number of likely N-dealkylation sites (tertiary alicyclic amines) is 1. The molecule has 0 saturated carbocycles. The van der Waals surface area contributed by atoms with Gasteiger partial charge in [0.1, 0.15) is 5.76 Å². The standard InChI is InChI=1S/C23H24N2O3S2/c26-22(24-15-18-5-3-13-28-18)17-9-11-25(12-10-17)23(27)20-7-1-2-8-21(20)30-16-19-6-4-14-29-19/h1-8,13-14,17H,9-12,15-16H2,(H,24,26). The van der Waals surface area contributed by atoms with Crippen molar-refractivity contribution in [1.82, 2.24) is 10.2 Å². The van der Waals surface area contributed by atoms with Gasteiger partial charge in [0.2, 0.25) is 5.91 Å². The lowest BCUT2D eigenvalue weighted by molar-refractivity contribution is -0.126. The van der Waals surface area contributed by atoms with Crippen LogP contribution in [-0.4, -0.2) is 29.8 Å². The number of amides is 2. The van der Waals surface area contributed by atoms with Crippen LogP contribution in [0.5, 0.6) is 0 Å². The fraction of sp³-hybridized carbons (Fsp3) is 0.304. The third-order valence-corrected chi connectivity index (χ3v) is 7.42. The Morgan fingerprint density at radius 2 is 1.93 bits per heavy atom. The lowest BCUT2D eigenvalue weighted by Gasteiger charge is -2.31. The molecule has 0 radical (unpaired) electrons. The molecule has 30 heavy (non-hydrogen) atoms. The van der Waals surface area contributed by atoms with Gasteiger partial charge in [-0.15, -0.1) is 23.1 Å². The second kappa shape index (κ2) is 10.00. The molecule has 0 aliphatic carbocycles. The fourth-order valence-electron chi connectivity index (χ4n) is 3.56. The highest BCUT2D eigenvalue weighted by molar-refractivity contribution is 7.98. The molecule has 1 aromatic carbocycles. The zero-order chi connectivity index (χ0) is 20.8. The van der Waals surface area contributed by atoms with Crippen molar-refractivity contribution in [2.24, 2.45) is 5.92 Å². The topological polar surface area (TPSA) is 62.6 Å². The van der Waals surface area contributed by atoms with Gasteiger partial charge >= 0.3 is 0 Å². The van der Waals surface area contributed by atoms with Crippen LogP contribution in [0, 0.1) is 5.92 Å². The number of carbonyl (C=O) groups is 2. The monoisotopic (exact) mass is 440 g/mol. The maximum atomic E-state index is 13.1. The first-order valence-corrected chi connectivity index (χ1v) is 11.9. The number of carbonyl (C=O) groups excluding carboxylic acids is 2. The molecule has 1 saturated heterocycles. The molecule has 3 aromatic rings. The quantitative estimate of drug-likeness (QED) is 0.536. The molecular weight excluding hydrogens is 416 g/mol. The van der Waals surface area contributed by atoms with Crippen LogP contribution in [0.25, 0.3) is 0 Å². The van der Waals surface area contributed by atoms with Gasteiger partial charge in [0.05, 0.1) is 18.4 Å². The summed E-state index contributed by atoms with van der Waals surface area (Å²) in [5.74, 6) is 1.63. The lowest BCUT2D eigenvalue weighted by Crippen LogP contribution is -2.43. The highest BCUT2D eigenvalue weighted by Crippen LogP contribution is 2.29. The molecule has 0 unspecified atom stereocenters. The van der Waals surface area contributed by atoms with Gasteiger partial charge < -0.3 is 14.6 Å². The van der Waals surface area contributed by atoms with Crippen molar-refractivity contribution in [3.63, 3.8) is 0 Å². The number of thiophene rings is 1. The maximum Gasteiger partial charge on any atom is 0.254 e. The van der Waals surface area contributed by atoms with Crippen molar-refractivity contribution in [1.29, 1.82) is 0 Å². The van der Waals surface area contributed by atoms with Crippen LogP contribution in [0.4, 0.5) is 0 Å². The van der Waals surface area contributed by atoms with Crippen LogP contribution in [0.3, 0.4) is 0 Å². The Hall–Kier alpha value is -2.51. The first-order valence-electron chi connectivity index (χ1n) is 10.0. The summed E-state index contributed by atoms with van der Waals surface area (Å²) in [6.07, 6.45) is 2.96. The van der Waals surface area contributed by atoms with Gasteiger partial charge in [-0.25, -0.2) is 0 Å². The van der Waals surface area contributed by atoms with E-state index < -0.39 is 0 Å². The highest BCUT2D eigenvalue weighted by Gasteiger charge is 2.28. The number of benzene rings is 1. The van der Waals surface area contributed by atoms with Crippen molar-refractivity contribution < 1.29 is 14.0 Å². The maximum absolute atomic E-state index is 13.1. The minimum absolute atomic E-state index is 0.0328. The van der Waals surface area contributed by atoms with E-state index in [4.69, 9.17) is 4.42 Å². The van der Waals surface area contributed by atoms with E-state index in [0.717, 1.165) is 22.0 Å². The van der Waals surface area contributed by atoms with Gasteiger partial charge in [-0.1, -0.05) is 18.2 Å². The molecule has 5 nitrogen and oxygen atoms in total. The lowest BCUT2D eigenvalue weighted by atomic mass is 9.95. The molecule has 1 N–H and O–H groups in total. The predicted octanol–water partition coefficient (Wildman–Crippen LogP) is 4.80. The van der Waals surface area contributed by atoms with E-state index in [1.165, 1.54) is 4.88 Å². The Kier molecular flexibility index (Phi) is 6.92. The van der Waals surface area contributed by atoms with Crippen LogP contribution in [0.2, 0.25) is 0 Å². The summed E-state index contributed by atoms with van der Waals surface area (Å²) in [6.45, 7) is 1.60. The van der Waals surface area contributed by atoms with Gasteiger partial charge in [-0.3, -0.25) is 9.59 Å². The van der Waals surface area contributed by atoms with Gasteiger partial charge in [0, 0.05) is 34.5 Å². The first-order chi connectivity index (χ1) is 14.7. The normalized spacial score (nSPS) is 14.6. The molecular formula is C23H24N2O3S2. The van der Waals surface area contributed by atoms with E-state index in [1.54, 1.807) is 29.4 Å². The molecule has 3 heterocycles. The summed E-state index contributed by atoms with van der Waals surface area (Å²) >= 11 is 3.43. The summed E-state index contributed by atoms with van der Waals surface area (Å²) in [4.78, 5) is 29.8. The Morgan fingerprint density at radius 1 is 1.10 bits per heavy atom. The number of rotatable bonds is 7.